The number of nitrogens with zero attached hydrogens (tertiary/aromatic N) is 2. The summed E-state index contributed by atoms with van der Waals surface area (Å²) in [4.78, 5) is 75.1. The molecule has 2 heterocycles. The molecular weight excluding hydrogens is 654 g/mol. The number of esters is 2. The van der Waals surface area contributed by atoms with Crippen molar-refractivity contribution in [3.8, 4) is 0 Å². The number of Topliss-reactive ketones (excluding diaryl/α,β-unsaturated/α-hetero) is 2. The first-order valence-electron chi connectivity index (χ1n) is 14.6. The lowest BCUT2D eigenvalue weighted by molar-refractivity contribution is -0.162. The van der Waals surface area contributed by atoms with Gasteiger partial charge in [0.15, 0.2) is 12.7 Å². The first kappa shape index (κ1) is 39.7. The molecule has 0 unspecified atom stereocenters. The SMILES string of the molecule is CSC[C@@H](CC(=O)CCOCCOCCC(C)=O)C(=O)NCCC(=O)OCC(=O)OC[C@H]1O[C@@H](n2ccc(N)nc2=O)C(F)(F)[C@@H]1O. The Kier molecular flexibility index (Phi) is 16.9. The summed E-state index contributed by atoms with van der Waals surface area (Å²) in [5.41, 5.74) is 4.21. The van der Waals surface area contributed by atoms with Crippen LogP contribution in [0.25, 0.3) is 0 Å². The van der Waals surface area contributed by atoms with Gasteiger partial charge in [0.25, 0.3) is 0 Å². The maximum atomic E-state index is 14.6. The Morgan fingerprint density at radius 2 is 1.79 bits per heavy atom. The average Bonchev–Trinajstić information content (AvgIpc) is 3.23. The molecule has 1 aliphatic rings. The zero-order valence-corrected chi connectivity index (χ0v) is 26.8. The number of carbonyl (C=O) groups is 5. The molecule has 4 N–H and O–H groups in total. The van der Waals surface area contributed by atoms with Gasteiger partial charge in [-0.3, -0.25) is 23.7 Å². The van der Waals surface area contributed by atoms with Gasteiger partial charge in [-0.2, -0.15) is 25.5 Å². The monoisotopic (exact) mass is 694 g/mol. The highest BCUT2D eigenvalue weighted by Crippen LogP contribution is 2.42. The van der Waals surface area contributed by atoms with Crippen LogP contribution in [0.15, 0.2) is 17.1 Å². The van der Waals surface area contributed by atoms with Gasteiger partial charge in [-0.05, 0) is 19.2 Å². The van der Waals surface area contributed by atoms with E-state index < -0.39 is 67.0 Å². The molecule has 19 heteroatoms. The highest BCUT2D eigenvalue weighted by atomic mass is 32.2. The summed E-state index contributed by atoms with van der Waals surface area (Å²) < 4.78 is 54.8. The standard InChI is InChI=1S/C28H40F2N4O12S/c1-17(35)5-9-42-11-12-43-10-6-19(36)13-18(16-47-2)25(40)32-7-3-22(37)45-15-23(38)44-14-20-24(39)28(29,30)26(46-20)34-8-4-21(31)33-27(34)41/h4,8,18,20,24,26,39H,3,5-7,9-16H2,1-2H3,(H,32,40)(H2,31,33,41)/t18-,20-,24-,26-/m1/s1. The Balaban J connectivity index is 1.66. The number of amides is 1. The molecule has 1 aromatic heterocycles. The predicted octanol–water partition coefficient (Wildman–Crippen LogP) is -0.347. The van der Waals surface area contributed by atoms with E-state index in [1.165, 1.54) is 18.7 Å². The van der Waals surface area contributed by atoms with Crippen molar-refractivity contribution in [2.75, 3.05) is 63.9 Å². The third-order valence-corrected chi connectivity index (χ3v) is 7.32. The van der Waals surface area contributed by atoms with Crippen LogP contribution in [-0.4, -0.2) is 120 Å². The molecule has 1 saturated heterocycles. The van der Waals surface area contributed by atoms with E-state index in [4.69, 9.17) is 29.4 Å². The van der Waals surface area contributed by atoms with Crippen molar-refractivity contribution >= 4 is 47.0 Å². The van der Waals surface area contributed by atoms with Gasteiger partial charge < -0.3 is 39.8 Å². The van der Waals surface area contributed by atoms with Crippen LogP contribution in [0.3, 0.4) is 0 Å². The van der Waals surface area contributed by atoms with Crippen molar-refractivity contribution in [1.29, 1.82) is 0 Å². The molecule has 47 heavy (non-hydrogen) atoms. The first-order valence-corrected chi connectivity index (χ1v) is 16.0. The topological polar surface area (TPSA) is 225 Å². The molecule has 1 fully saturated rings. The van der Waals surface area contributed by atoms with E-state index in [1.807, 2.05) is 0 Å². The predicted molar refractivity (Wildman–Crippen MR) is 160 cm³/mol. The number of aromatic nitrogens is 2. The normalized spacial score (nSPS) is 19.1. The fourth-order valence-electron chi connectivity index (χ4n) is 4.10. The van der Waals surface area contributed by atoms with E-state index in [1.54, 1.807) is 6.26 Å². The zero-order chi connectivity index (χ0) is 35.0. The Labute approximate surface area is 273 Å². The number of anilines is 1. The minimum atomic E-state index is -3.94. The Hall–Kier alpha value is -3.52. The smallest absolute Gasteiger partial charge is 0.351 e. The van der Waals surface area contributed by atoms with Crippen molar-refractivity contribution in [1.82, 2.24) is 14.9 Å². The molecule has 0 aromatic carbocycles. The number of hydrogen-bond acceptors (Lipinski definition) is 15. The minimum Gasteiger partial charge on any atom is -0.460 e. The third-order valence-electron chi connectivity index (χ3n) is 6.58. The number of nitrogens with two attached hydrogens (primary N) is 1. The molecule has 4 atom stereocenters. The average molecular weight is 695 g/mol. The number of aliphatic hydroxyl groups excluding tert-OH is 1. The van der Waals surface area contributed by atoms with E-state index in [-0.39, 0.29) is 56.4 Å². The van der Waals surface area contributed by atoms with Crippen molar-refractivity contribution in [3.63, 3.8) is 0 Å². The highest BCUT2D eigenvalue weighted by molar-refractivity contribution is 7.98. The van der Waals surface area contributed by atoms with Crippen LogP contribution >= 0.6 is 11.8 Å². The van der Waals surface area contributed by atoms with Gasteiger partial charge in [0, 0.05) is 37.8 Å². The molecule has 0 saturated carbocycles. The lowest BCUT2D eigenvalue weighted by Gasteiger charge is -2.20. The molecule has 0 radical (unpaired) electrons. The number of halogens is 2. The van der Waals surface area contributed by atoms with Crippen LogP contribution in [0, 0.1) is 5.92 Å². The summed E-state index contributed by atoms with van der Waals surface area (Å²) in [6.45, 7) is 0.617. The van der Waals surface area contributed by atoms with E-state index in [9.17, 15) is 42.7 Å². The number of hydrogen-bond donors (Lipinski definition) is 3. The number of carbonyl (C=O) groups excluding carboxylic acids is 5. The first-order chi connectivity index (χ1) is 22.3. The van der Waals surface area contributed by atoms with Crippen molar-refractivity contribution in [2.45, 2.75) is 57.0 Å². The number of alkyl halides is 2. The zero-order valence-electron chi connectivity index (χ0n) is 26.0. The molecule has 264 valence electrons. The molecule has 1 aromatic rings. The Morgan fingerprint density at radius 1 is 1.11 bits per heavy atom. The Bertz CT molecular complexity index is 1280. The summed E-state index contributed by atoms with van der Waals surface area (Å²) in [6.07, 6.45) is -3.61. The molecular formula is C28H40F2N4O12S. The Morgan fingerprint density at radius 3 is 2.43 bits per heavy atom. The van der Waals surface area contributed by atoms with Crippen molar-refractivity contribution in [2.24, 2.45) is 5.92 Å². The lowest BCUT2D eigenvalue weighted by atomic mass is 10.0. The van der Waals surface area contributed by atoms with Crippen LogP contribution in [0.1, 0.15) is 38.8 Å². The van der Waals surface area contributed by atoms with Crippen molar-refractivity contribution in [3.05, 3.63) is 22.7 Å². The quantitative estimate of drug-likeness (QED) is 0.104. The van der Waals surface area contributed by atoms with E-state index in [0.717, 1.165) is 12.3 Å². The molecule has 1 amide bonds. The maximum Gasteiger partial charge on any atom is 0.351 e. The van der Waals surface area contributed by atoms with Crippen LogP contribution in [0.5, 0.6) is 0 Å². The number of ether oxygens (including phenoxy) is 5. The van der Waals surface area contributed by atoms with E-state index in [2.05, 4.69) is 10.3 Å². The van der Waals surface area contributed by atoms with Crippen LogP contribution < -0.4 is 16.7 Å². The summed E-state index contributed by atoms with van der Waals surface area (Å²) in [5, 5.41) is 12.5. The van der Waals surface area contributed by atoms with Gasteiger partial charge >= 0.3 is 23.6 Å². The van der Waals surface area contributed by atoms with Crippen molar-refractivity contribution < 1.29 is 61.5 Å². The number of ketones is 2. The van der Waals surface area contributed by atoms with Gasteiger partial charge in [0.1, 0.15) is 30.1 Å². The van der Waals surface area contributed by atoms with Gasteiger partial charge in [-0.25, -0.2) is 9.59 Å². The molecule has 1 aliphatic heterocycles. The van der Waals surface area contributed by atoms with Crippen LogP contribution in [-0.2, 0) is 47.7 Å². The van der Waals surface area contributed by atoms with Crippen LogP contribution in [0.4, 0.5) is 14.6 Å². The fraction of sp³-hybridized carbons (Fsp3) is 0.679. The minimum absolute atomic E-state index is 0.0259. The van der Waals surface area contributed by atoms with E-state index >= 15 is 0 Å². The van der Waals surface area contributed by atoms with Crippen LogP contribution in [0.2, 0.25) is 0 Å². The lowest BCUT2D eigenvalue weighted by Crippen LogP contribution is -2.42. The van der Waals surface area contributed by atoms with E-state index in [0.29, 0.717) is 30.0 Å². The largest absolute Gasteiger partial charge is 0.460 e. The molecule has 0 aliphatic carbocycles. The molecule has 0 spiro atoms. The summed E-state index contributed by atoms with van der Waals surface area (Å²) in [7, 11) is 0. The summed E-state index contributed by atoms with van der Waals surface area (Å²) in [6, 6.07) is 1.09. The fourth-order valence-corrected chi connectivity index (χ4v) is 4.77. The second-order valence-electron chi connectivity index (χ2n) is 10.4. The number of thioether (sulfide) groups is 1. The van der Waals surface area contributed by atoms with Gasteiger partial charge in [0.05, 0.1) is 38.8 Å². The second-order valence-corrected chi connectivity index (χ2v) is 11.3. The number of nitrogen functional groups attached to an aromatic ring is 1. The molecule has 16 nitrogen and oxygen atoms in total. The number of rotatable bonds is 22. The summed E-state index contributed by atoms with van der Waals surface area (Å²) >= 11 is 1.37. The summed E-state index contributed by atoms with van der Waals surface area (Å²) in [5.74, 6) is -7.03. The highest BCUT2D eigenvalue weighted by Gasteiger charge is 2.60. The number of aliphatic hydroxyl groups is 1. The van der Waals surface area contributed by atoms with Gasteiger partial charge in [-0.15, -0.1) is 0 Å². The number of nitrogens with one attached hydrogen (secondary N) is 1. The maximum absolute atomic E-state index is 14.6. The molecule has 2 rings (SSSR count). The van der Waals surface area contributed by atoms with Gasteiger partial charge in [-0.1, -0.05) is 0 Å². The van der Waals surface area contributed by atoms with Gasteiger partial charge in [0.2, 0.25) is 12.1 Å². The third kappa shape index (κ3) is 13.6. The second kappa shape index (κ2) is 20.0. The molecule has 0 bridgehead atoms.